The molecule has 0 unspecified atom stereocenters. The van der Waals surface area contributed by atoms with E-state index in [9.17, 15) is 4.79 Å². The molecule has 0 amide bonds. The molecule has 0 N–H and O–H groups in total. The molecular formula is C16H17ClN2OS. The van der Waals surface area contributed by atoms with Gasteiger partial charge in [0, 0.05) is 30.2 Å². The molecule has 0 spiro atoms. The fourth-order valence-electron chi connectivity index (χ4n) is 2.64. The first-order chi connectivity index (χ1) is 10.1. The lowest BCUT2D eigenvalue weighted by molar-refractivity contribution is -0.121. The summed E-state index contributed by atoms with van der Waals surface area (Å²) in [6.07, 6.45) is 3.79. The lowest BCUT2D eigenvalue weighted by Gasteiger charge is -2.30. The summed E-state index contributed by atoms with van der Waals surface area (Å²) < 4.78 is 0. The van der Waals surface area contributed by atoms with Crippen molar-refractivity contribution in [2.24, 2.45) is 5.92 Å². The molecule has 0 saturated carbocycles. The largest absolute Gasteiger partial charge is 0.348 e. The number of carbonyl (C=O) groups is 1. The summed E-state index contributed by atoms with van der Waals surface area (Å²) in [6.45, 7) is 3.53. The third-order valence-corrected chi connectivity index (χ3v) is 5.32. The highest BCUT2D eigenvalue weighted by Gasteiger charge is 2.23. The SMILES string of the molecule is CC(=O)C1CCN(c2ncc(-c3ccc(Cl)cc3)s2)CC1. The molecule has 21 heavy (non-hydrogen) atoms. The zero-order valence-electron chi connectivity index (χ0n) is 11.9. The van der Waals surface area contributed by atoms with Crippen LogP contribution in [0.5, 0.6) is 0 Å². The number of aromatic nitrogens is 1. The molecule has 0 aliphatic carbocycles. The fraction of sp³-hybridized carbons (Fsp3) is 0.375. The molecule has 1 aliphatic heterocycles. The van der Waals surface area contributed by atoms with Gasteiger partial charge in [0.1, 0.15) is 5.78 Å². The normalized spacial score (nSPS) is 16.2. The van der Waals surface area contributed by atoms with E-state index in [4.69, 9.17) is 11.6 Å². The van der Waals surface area contributed by atoms with E-state index in [-0.39, 0.29) is 5.92 Å². The third kappa shape index (κ3) is 3.27. The predicted molar refractivity (Wildman–Crippen MR) is 88.2 cm³/mol. The number of thiazole rings is 1. The minimum Gasteiger partial charge on any atom is -0.348 e. The Hall–Kier alpha value is -1.39. The van der Waals surface area contributed by atoms with Crippen molar-refractivity contribution in [3.05, 3.63) is 35.5 Å². The van der Waals surface area contributed by atoms with Crippen LogP contribution in [0, 0.1) is 5.92 Å². The molecule has 1 aromatic heterocycles. The first-order valence-electron chi connectivity index (χ1n) is 7.10. The van der Waals surface area contributed by atoms with Crippen molar-refractivity contribution in [3.8, 4) is 10.4 Å². The molecule has 3 rings (SSSR count). The topological polar surface area (TPSA) is 33.2 Å². The molecule has 2 heterocycles. The Morgan fingerprint density at radius 2 is 1.95 bits per heavy atom. The molecule has 110 valence electrons. The van der Waals surface area contributed by atoms with Gasteiger partial charge in [0.25, 0.3) is 0 Å². The van der Waals surface area contributed by atoms with Crippen LogP contribution in [0.25, 0.3) is 10.4 Å². The number of hydrogen-bond donors (Lipinski definition) is 0. The van der Waals surface area contributed by atoms with Crippen LogP contribution in [-0.2, 0) is 4.79 Å². The van der Waals surface area contributed by atoms with Gasteiger partial charge >= 0.3 is 0 Å². The molecule has 1 saturated heterocycles. The third-order valence-electron chi connectivity index (χ3n) is 3.96. The standard InChI is InChI=1S/C16H17ClN2OS/c1-11(20)12-6-8-19(9-7-12)16-18-10-15(21-16)13-2-4-14(17)5-3-13/h2-5,10,12H,6-9H2,1H3. The second-order valence-corrected chi connectivity index (χ2v) is 6.83. The van der Waals surface area contributed by atoms with Gasteiger partial charge in [0.05, 0.1) is 4.88 Å². The average molecular weight is 321 g/mol. The summed E-state index contributed by atoms with van der Waals surface area (Å²) in [5.74, 6) is 0.549. The number of Topliss-reactive ketones (excluding diaryl/α,β-unsaturated/α-hetero) is 1. The molecule has 3 nitrogen and oxygen atoms in total. The molecule has 1 aromatic carbocycles. The van der Waals surface area contributed by atoms with Crippen molar-refractivity contribution >= 4 is 33.9 Å². The molecule has 2 aromatic rings. The van der Waals surface area contributed by atoms with Crippen LogP contribution >= 0.6 is 22.9 Å². The number of carbonyl (C=O) groups excluding carboxylic acids is 1. The Morgan fingerprint density at radius 3 is 2.57 bits per heavy atom. The van der Waals surface area contributed by atoms with Crippen LogP contribution < -0.4 is 4.90 Å². The Bertz CT molecular complexity index is 630. The monoisotopic (exact) mass is 320 g/mol. The number of nitrogens with zero attached hydrogens (tertiary/aromatic N) is 2. The highest BCUT2D eigenvalue weighted by atomic mass is 35.5. The average Bonchev–Trinajstić information content (AvgIpc) is 2.98. The molecule has 0 bridgehead atoms. The van der Waals surface area contributed by atoms with Gasteiger partial charge in [0.2, 0.25) is 0 Å². The van der Waals surface area contributed by atoms with Crippen molar-refractivity contribution in [2.45, 2.75) is 19.8 Å². The van der Waals surface area contributed by atoms with Gasteiger partial charge in [-0.05, 0) is 37.5 Å². The minimum absolute atomic E-state index is 0.233. The molecule has 0 radical (unpaired) electrons. The summed E-state index contributed by atoms with van der Waals surface area (Å²) in [7, 11) is 0. The summed E-state index contributed by atoms with van der Waals surface area (Å²) >= 11 is 7.61. The number of benzene rings is 1. The van der Waals surface area contributed by atoms with Gasteiger partial charge < -0.3 is 4.90 Å². The Labute approximate surface area is 133 Å². The quantitative estimate of drug-likeness (QED) is 0.846. The van der Waals surface area contributed by atoms with Crippen molar-refractivity contribution < 1.29 is 4.79 Å². The zero-order chi connectivity index (χ0) is 14.8. The van der Waals surface area contributed by atoms with Crippen LogP contribution in [0.1, 0.15) is 19.8 Å². The summed E-state index contributed by atoms with van der Waals surface area (Å²) in [6, 6.07) is 7.83. The van der Waals surface area contributed by atoms with Crippen LogP contribution in [0.2, 0.25) is 5.02 Å². The first kappa shape index (κ1) is 14.5. The van der Waals surface area contributed by atoms with Gasteiger partial charge in [-0.1, -0.05) is 35.1 Å². The Kier molecular flexibility index (Phi) is 4.27. The number of ketones is 1. The molecule has 0 atom stereocenters. The van der Waals surface area contributed by atoms with E-state index in [2.05, 4.69) is 9.88 Å². The predicted octanol–water partition coefficient (Wildman–Crippen LogP) is 4.27. The second kappa shape index (κ2) is 6.16. The number of halogens is 1. The van der Waals surface area contributed by atoms with E-state index in [1.807, 2.05) is 30.5 Å². The van der Waals surface area contributed by atoms with Gasteiger partial charge in [-0.25, -0.2) is 4.98 Å². The molecule has 1 aliphatic rings. The highest BCUT2D eigenvalue weighted by molar-refractivity contribution is 7.18. The van der Waals surface area contributed by atoms with Gasteiger partial charge in [0.15, 0.2) is 5.13 Å². The molecular weight excluding hydrogens is 304 g/mol. The summed E-state index contributed by atoms with van der Waals surface area (Å²) in [5, 5.41) is 1.79. The Morgan fingerprint density at radius 1 is 1.29 bits per heavy atom. The lowest BCUT2D eigenvalue weighted by atomic mass is 9.94. The molecule has 1 fully saturated rings. The lowest BCUT2D eigenvalue weighted by Crippen LogP contribution is -2.35. The van der Waals surface area contributed by atoms with E-state index in [0.29, 0.717) is 5.78 Å². The van der Waals surface area contributed by atoms with Crippen molar-refractivity contribution in [3.63, 3.8) is 0 Å². The number of piperidine rings is 1. The van der Waals surface area contributed by atoms with Crippen LogP contribution in [0.4, 0.5) is 5.13 Å². The maximum atomic E-state index is 11.4. The molecule has 5 heteroatoms. The van der Waals surface area contributed by atoms with Crippen molar-refractivity contribution in [2.75, 3.05) is 18.0 Å². The maximum Gasteiger partial charge on any atom is 0.185 e. The van der Waals surface area contributed by atoms with E-state index in [1.54, 1.807) is 18.3 Å². The van der Waals surface area contributed by atoms with Crippen LogP contribution in [0.15, 0.2) is 30.5 Å². The van der Waals surface area contributed by atoms with Crippen LogP contribution in [-0.4, -0.2) is 23.9 Å². The minimum atomic E-state index is 0.233. The van der Waals surface area contributed by atoms with E-state index < -0.39 is 0 Å². The maximum absolute atomic E-state index is 11.4. The summed E-state index contributed by atoms with van der Waals surface area (Å²) in [5.41, 5.74) is 1.14. The number of anilines is 1. The van der Waals surface area contributed by atoms with E-state index in [1.165, 1.54) is 0 Å². The highest BCUT2D eigenvalue weighted by Crippen LogP contribution is 2.33. The number of hydrogen-bond acceptors (Lipinski definition) is 4. The smallest absolute Gasteiger partial charge is 0.185 e. The van der Waals surface area contributed by atoms with Gasteiger partial charge in [-0.2, -0.15) is 0 Å². The fourth-order valence-corrected chi connectivity index (χ4v) is 3.74. The zero-order valence-corrected chi connectivity index (χ0v) is 13.5. The summed E-state index contributed by atoms with van der Waals surface area (Å²) in [4.78, 5) is 19.4. The van der Waals surface area contributed by atoms with Gasteiger partial charge in [-0.15, -0.1) is 0 Å². The van der Waals surface area contributed by atoms with Crippen LogP contribution in [0.3, 0.4) is 0 Å². The van der Waals surface area contributed by atoms with Gasteiger partial charge in [-0.3, -0.25) is 4.79 Å². The Balaban J connectivity index is 1.71. The van der Waals surface area contributed by atoms with E-state index >= 15 is 0 Å². The van der Waals surface area contributed by atoms with E-state index in [0.717, 1.165) is 46.5 Å². The second-order valence-electron chi connectivity index (χ2n) is 5.39. The van der Waals surface area contributed by atoms with Crippen molar-refractivity contribution in [1.29, 1.82) is 0 Å². The van der Waals surface area contributed by atoms with Crippen molar-refractivity contribution in [1.82, 2.24) is 4.98 Å². The number of rotatable bonds is 3. The first-order valence-corrected chi connectivity index (χ1v) is 8.30.